The van der Waals surface area contributed by atoms with Crippen molar-refractivity contribution in [1.29, 1.82) is 0 Å². The maximum Gasteiger partial charge on any atom is 0.242 e. The van der Waals surface area contributed by atoms with Crippen molar-refractivity contribution in [3.63, 3.8) is 0 Å². The first kappa shape index (κ1) is 21.4. The number of hydrogen-bond acceptors (Lipinski definition) is 6. The Morgan fingerprint density at radius 3 is 2.45 bits per heavy atom. The number of ether oxygens (including phenoxy) is 1. The Hall–Kier alpha value is -2.27. The van der Waals surface area contributed by atoms with E-state index in [1.807, 2.05) is 13.2 Å². The van der Waals surface area contributed by atoms with Gasteiger partial charge in [-0.05, 0) is 17.7 Å². The smallest absolute Gasteiger partial charge is 0.242 e. The number of carbonyl (C=O) groups is 1. The lowest BCUT2D eigenvalue weighted by atomic mass is 10.1. The van der Waals surface area contributed by atoms with Crippen molar-refractivity contribution in [2.24, 2.45) is 7.05 Å². The molecule has 2 aromatic rings. The lowest BCUT2D eigenvalue weighted by molar-refractivity contribution is -0.128. The van der Waals surface area contributed by atoms with Crippen molar-refractivity contribution in [2.45, 2.75) is 17.5 Å². The molecule has 29 heavy (non-hydrogen) atoms. The fourth-order valence-corrected chi connectivity index (χ4v) is 4.12. The average Bonchev–Trinajstić information content (AvgIpc) is 3.13. The molecule has 1 amide bonds. The number of carbonyl (C=O) groups excluding carboxylic acids is 1. The fourth-order valence-electron chi connectivity index (χ4n) is 3.22. The van der Waals surface area contributed by atoms with Gasteiger partial charge in [0.25, 0.3) is 0 Å². The summed E-state index contributed by atoms with van der Waals surface area (Å²) >= 11 is 0. The molecule has 2 heterocycles. The summed E-state index contributed by atoms with van der Waals surface area (Å²) in [7, 11) is 1.34. The van der Waals surface area contributed by atoms with E-state index in [4.69, 9.17) is 4.74 Å². The number of nitrogens with one attached hydrogen (secondary N) is 1. The van der Waals surface area contributed by atoms with E-state index in [0.29, 0.717) is 32.8 Å². The highest BCUT2D eigenvalue weighted by atomic mass is 32.2. The first-order valence-corrected chi connectivity index (χ1v) is 10.8. The second kappa shape index (κ2) is 9.04. The van der Waals surface area contributed by atoms with Crippen LogP contribution in [0.3, 0.4) is 0 Å². The van der Waals surface area contributed by atoms with Crippen LogP contribution >= 0.6 is 0 Å². The van der Waals surface area contributed by atoms with Crippen LogP contribution in [0.15, 0.2) is 41.6 Å². The Kier molecular flexibility index (Phi) is 6.68. The molecule has 0 aliphatic carbocycles. The van der Waals surface area contributed by atoms with E-state index in [2.05, 4.69) is 15.3 Å². The van der Waals surface area contributed by atoms with Crippen molar-refractivity contribution in [3.05, 3.63) is 47.8 Å². The van der Waals surface area contributed by atoms with Gasteiger partial charge in [-0.15, -0.1) is 0 Å². The van der Waals surface area contributed by atoms with Crippen LogP contribution in [0.25, 0.3) is 0 Å². The first-order valence-electron chi connectivity index (χ1n) is 9.38. The van der Waals surface area contributed by atoms with Gasteiger partial charge in [-0.3, -0.25) is 14.4 Å². The van der Waals surface area contributed by atoms with Gasteiger partial charge in [0.1, 0.15) is 6.04 Å². The summed E-state index contributed by atoms with van der Waals surface area (Å²) in [6, 6.07) is 6.09. The largest absolute Gasteiger partial charge is 0.379 e. The Morgan fingerprint density at radius 1 is 1.24 bits per heavy atom. The number of sulfonamides is 1. The minimum Gasteiger partial charge on any atom is -0.379 e. The van der Waals surface area contributed by atoms with E-state index in [1.165, 1.54) is 18.4 Å². The van der Waals surface area contributed by atoms with Gasteiger partial charge in [0.2, 0.25) is 15.9 Å². The summed E-state index contributed by atoms with van der Waals surface area (Å²) in [5.41, 5.74) is 1.65. The molecule has 158 valence electrons. The zero-order chi connectivity index (χ0) is 21.0. The Bertz CT molecular complexity index is 934. The molecule has 1 aromatic heterocycles. The molecular weight excluding hydrogens is 394 g/mol. The van der Waals surface area contributed by atoms with Gasteiger partial charge in [-0.25, -0.2) is 12.7 Å². The molecule has 0 unspecified atom stereocenters. The number of aryl methyl sites for hydroxylation is 1. The van der Waals surface area contributed by atoms with E-state index in [0.717, 1.165) is 11.1 Å². The van der Waals surface area contributed by atoms with Crippen LogP contribution in [0, 0.1) is 0 Å². The molecule has 1 saturated heterocycles. The van der Waals surface area contributed by atoms with Crippen molar-refractivity contribution in [2.75, 3.05) is 40.4 Å². The molecule has 1 N–H and O–H groups in total. The van der Waals surface area contributed by atoms with Crippen LogP contribution in [0.2, 0.25) is 0 Å². The summed E-state index contributed by atoms with van der Waals surface area (Å²) in [6.07, 6.45) is 3.56. The third-order valence-electron chi connectivity index (χ3n) is 4.87. The Labute approximate surface area is 171 Å². The number of benzene rings is 1. The number of nitrogens with zero attached hydrogens (tertiary/aromatic N) is 4. The van der Waals surface area contributed by atoms with Crippen LogP contribution < -0.4 is 5.32 Å². The molecule has 0 spiro atoms. The summed E-state index contributed by atoms with van der Waals surface area (Å²) in [5.74, 6) is -0.120. The summed E-state index contributed by atoms with van der Waals surface area (Å²) in [4.78, 5) is 15.3. The standard InChI is InChI=1S/C19H27N5O4S/c1-22(2)29(26,27)17-6-4-15(5-7-17)12-20-19(25)18(16-13-21-23(3)14-16)24-8-10-28-11-9-24/h4-7,13-14,18H,8-12H2,1-3H3,(H,20,25)/t18-/m1/s1. The highest BCUT2D eigenvalue weighted by Crippen LogP contribution is 2.22. The molecule has 1 atom stereocenters. The van der Waals surface area contributed by atoms with Gasteiger partial charge >= 0.3 is 0 Å². The quantitative estimate of drug-likeness (QED) is 0.693. The zero-order valence-corrected chi connectivity index (χ0v) is 17.7. The van der Waals surface area contributed by atoms with Gasteiger partial charge < -0.3 is 10.1 Å². The van der Waals surface area contributed by atoms with Gasteiger partial charge in [-0.2, -0.15) is 5.10 Å². The third kappa shape index (κ3) is 5.02. The minimum atomic E-state index is -3.47. The van der Waals surface area contributed by atoms with E-state index >= 15 is 0 Å². The predicted molar refractivity (Wildman–Crippen MR) is 108 cm³/mol. The van der Waals surface area contributed by atoms with Crippen LogP contribution in [0.5, 0.6) is 0 Å². The topological polar surface area (TPSA) is 96.8 Å². The highest BCUT2D eigenvalue weighted by molar-refractivity contribution is 7.89. The van der Waals surface area contributed by atoms with Gasteiger partial charge in [0.05, 0.1) is 24.3 Å². The molecular formula is C19H27N5O4S. The van der Waals surface area contributed by atoms with Crippen LogP contribution in [0.4, 0.5) is 0 Å². The zero-order valence-electron chi connectivity index (χ0n) is 16.9. The SMILES string of the molecule is CN(C)S(=O)(=O)c1ccc(CNC(=O)[C@@H](c2cnn(C)c2)N2CCOCC2)cc1. The number of hydrogen-bond donors (Lipinski definition) is 1. The Morgan fingerprint density at radius 2 is 1.90 bits per heavy atom. The molecule has 3 rings (SSSR count). The predicted octanol–water partition coefficient (Wildman–Crippen LogP) is 0.360. The third-order valence-corrected chi connectivity index (χ3v) is 6.70. The fraction of sp³-hybridized carbons (Fsp3) is 0.474. The second-order valence-electron chi connectivity index (χ2n) is 7.15. The van der Waals surface area contributed by atoms with E-state index in [1.54, 1.807) is 35.1 Å². The molecule has 1 fully saturated rings. The monoisotopic (exact) mass is 421 g/mol. The Balaban J connectivity index is 1.70. The molecule has 1 aromatic carbocycles. The molecule has 10 heteroatoms. The van der Waals surface area contributed by atoms with Crippen molar-refractivity contribution in [3.8, 4) is 0 Å². The summed E-state index contributed by atoms with van der Waals surface area (Å²) in [6.45, 7) is 2.83. The maximum atomic E-state index is 13.0. The van der Waals surface area contributed by atoms with Crippen LogP contribution in [0.1, 0.15) is 17.2 Å². The highest BCUT2D eigenvalue weighted by Gasteiger charge is 2.30. The number of morpholine rings is 1. The number of aromatic nitrogens is 2. The second-order valence-corrected chi connectivity index (χ2v) is 9.30. The number of rotatable bonds is 7. The molecule has 1 aliphatic heterocycles. The first-order chi connectivity index (χ1) is 13.8. The lowest BCUT2D eigenvalue weighted by Gasteiger charge is -2.33. The minimum absolute atomic E-state index is 0.120. The molecule has 0 saturated carbocycles. The molecule has 0 bridgehead atoms. The molecule has 1 aliphatic rings. The maximum absolute atomic E-state index is 13.0. The van der Waals surface area contributed by atoms with Crippen molar-refractivity contribution >= 4 is 15.9 Å². The van der Waals surface area contributed by atoms with Gasteiger partial charge in [-0.1, -0.05) is 12.1 Å². The summed E-state index contributed by atoms with van der Waals surface area (Å²) < 4.78 is 32.6. The van der Waals surface area contributed by atoms with Crippen molar-refractivity contribution < 1.29 is 17.9 Å². The average molecular weight is 422 g/mol. The number of amides is 1. The van der Waals surface area contributed by atoms with E-state index in [9.17, 15) is 13.2 Å². The normalized spacial score (nSPS) is 16.7. The molecule has 9 nitrogen and oxygen atoms in total. The lowest BCUT2D eigenvalue weighted by Crippen LogP contribution is -2.45. The van der Waals surface area contributed by atoms with Crippen LogP contribution in [-0.2, 0) is 33.1 Å². The van der Waals surface area contributed by atoms with E-state index in [-0.39, 0.29) is 10.8 Å². The van der Waals surface area contributed by atoms with Crippen molar-refractivity contribution in [1.82, 2.24) is 24.3 Å². The van der Waals surface area contributed by atoms with Gasteiger partial charge in [0.15, 0.2) is 0 Å². The summed E-state index contributed by atoms with van der Waals surface area (Å²) in [5, 5.41) is 7.16. The van der Waals surface area contributed by atoms with Crippen LogP contribution in [-0.4, -0.2) is 73.7 Å². The van der Waals surface area contributed by atoms with E-state index < -0.39 is 16.1 Å². The van der Waals surface area contributed by atoms with Gasteiger partial charge in [0, 0.05) is 52.5 Å². The molecule has 0 radical (unpaired) electrons.